The van der Waals surface area contributed by atoms with Crippen LogP contribution >= 0.6 is 0 Å². The van der Waals surface area contributed by atoms with Crippen molar-refractivity contribution in [2.75, 3.05) is 5.32 Å². The maximum Gasteiger partial charge on any atom is 0.275 e. The zero-order valence-electron chi connectivity index (χ0n) is 12.4. The van der Waals surface area contributed by atoms with Gasteiger partial charge in [0.2, 0.25) is 0 Å². The molecule has 1 N–H and O–H groups in total. The molecule has 0 unspecified atom stereocenters. The van der Waals surface area contributed by atoms with Gasteiger partial charge in [-0.05, 0) is 29.7 Å². The Kier molecular flexibility index (Phi) is 3.63. The summed E-state index contributed by atoms with van der Waals surface area (Å²) >= 11 is 0. The Morgan fingerprint density at radius 3 is 2.73 bits per heavy atom. The molecule has 0 atom stereocenters. The zero-order valence-corrected chi connectivity index (χ0v) is 12.4. The minimum absolute atomic E-state index is 0.254. The predicted molar refractivity (Wildman–Crippen MR) is 83.6 cm³/mol. The number of fused-ring (bicyclic) bond motifs is 1. The van der Waals surface area contributed by atoms with Gasteiger partial charge in [-0.1, -0.05) is 32.0 Å². The van der Waals surface area contributed by atoms with Gasteiger partial charge < -0.3 is 9.72 Å². The quantitative estimate of drug-likeness (QED) is 0.798. The van der Waals surface area contributed by atoms with Gasteiger partial charge in [0.25, 0.3) is 5.91 Å². The van der Waals surface area contributed by atoms with Crippen LogP contribution in [0.15, 0.2) is 48.8 Å². The fourth-order valence-corrected chi connectivity index (χ4v) is 2.37. The van der Waals surface area contributed by atoms with E-state index in [0.717, 1.165) is 11.3 Å². The van der Waals surface area contributed by atoms with E-state index >= 15 is 0 Å². The van der Waals surface area contributed by atoms with Crippen molar-refractivity contribution in [3.8, 4) is 0 Å². The Morgan fingerprint density at radius 1 is 1.18 bits per heavy atom. The second-order valence-corrected chi connectivity index (χ2v) is 5.44. The number of hydrogen-bond donors (Lipinski definition) is 1. The van der Waals surface area contributed by atoms with E-state index in [4.69, 9.17) is 0 Å². The first-order valence-electron chi connectivity index (χ1n) is 7.09. The first-order chi connectivity index (χ1) is 10.5. The average Bonchev–Trinajstić information content (AvgIpc) is 2.90. The van der Waals surface area contributed by atoms with Gasteiger partial charge in [0, 0.05) is 18.1 Å². The molecule has 0 radical (unpaired) electrons. The largest absolute Gasteiger partial charge is 0.320 e. The predicted octanol–water partition coefficient (Wildman–Crippen LogP) is 3.85. The normalized spacial score (nSPS) is 11.1. The van der Waals surface area contributed by atoms with Gasteiger partial charge >= 0.3 is 0 Å². The van der Waals surface area contributed by atoms with E-state index in [-0.39, 0.29) is 17.4 Å². The molecular weight excluding hydrogens is 281 g/mol. The molecule has 0 aliphatic heterocycles. The van der Waals surface area contributed by atoms with Crippen LogP contribution in [0.1, 0.15) is 35.8 Å². The van der Waals surface area contributed by atoms with Crippen LogP contribution in [-0.2, 0) is 0 Å². The van der Waals surface area contributed by atoms with Gasteiger partial charge in [-0.3, -0.25) is 4.79 Å². The van der Waals surface area contributed by atoms with E-state index in [1.54, 1.807) is 0 Å². The number of hydrogen-bond acceptors (Lipinski definition) is 2. The number of nitrogens with zero attached hydrogens (tertiary/aromatic N) is 2. The Labute approximate surface area is 127 Å². The fraction of sp³-hybridized carbons (Fsp3) is 0.176. The summed E-state index contributed by atoms with van der Waals surface area (Å²) in [5.74, 6) is -0.383. The van der Waals surface area contributed by atoms with Crippen molar-refractivity contribution in [2.24, 2.45) is 0 Å². The average molecular weight is 297 g/mol. The second-order valence-electron chi connectivity index (χ2n) is 5.44. The van der Waals surface area contributed by atoms with Crippen LogP contribution < -0.4 is 5.32 Å². The van der Waals surface area contributed by atoms with Gasteiger partial charge in [0.1, 0.15) is 17.2 Å². The minimum Gasteiger partial charge on any atom is -0.320 e. The third-order valence-corrected chi connectivity index (χ3v) is 3.48. The SMILES string of the molecule is CC(C)c1ccccc1NC(=O)c1cn2cc(F)ccc2n1. The number of carbonyl (C=O) groups is 1. The number of anilines is 1. The Bertz CT molecular complexity index is 839. The van der Waals surface area contributed by atoms with E-state index in [2.05, 4.69) is 24.1 Å². The number of pyridine rings is 1. The lowest BCUT2D eigenvalue weighted by atomic mass is 10.0. The molecule has 0 spiro atoms. The number of amides is 1. The molecular formula is C17H16FN3O. The van der Waals surface area contributed by atoms with Crippen LogP contribution in [0.4, 0.5) is 10.1 Å². The summed E-state index contributed by atoms with van der Waals surface area (Å²) in [5.41, 5.74) is 2.62. The number of halogens is 1. The molecule has 2 heterocycles. The van der Waals surface area contributed by atoms with Gasteiger partial charge in [-0.15, -0.1) is 0 Å². The molecule has 112 valence electrons. The van der Waals surface area contributed by atoms with Gasteiger partial charge in [-0.25, -0.2) is 9.37 Å². The lowest BCUT2D eigenvalue weighted by Crippen LogP contribution is -2.14. The summed E-state index contributed by atoms with van der Waals surface area (Å²) < 4.78 is 14.7. The lowest BCUT2D eigenvalue weighted by Gasteiger charge is -2.12. The first kappa shape index (κ1) is 14.3. The van der Waals surface area contributed by atoms with E-state index < -0.39 is 0 Å². The van der Waals surface area contributed by atoms with Crippen molar-refractivity contribution < 1.29 is 9.18 Å². The third kappa shape index (κ3) is 2.70. The number of aromatic nitrogens is 2. The standard InChI is InChI=1S/C17H16FN3O/c1-11(2)13-5-3-4-6-14(13)20-17(22)15-10-21-9-12(18)7-8-16(21)19-15/h3-11H,1-2H3,(H,20,22). The first-order valence-corrected chi connectivity index (χ1v) is 7.09. The molecule has 0 aliphatic carbocycles. The van der Waals surface area contributed by atoms with Crippen LogP contribution in [-0.4, -0.2) is 15.3 Å². The summed E-state index contributed by atoms with van der Waals surface area (Å²) in [6.45, 7) is 4.14. The second kappa shape index (κ2) is 5.60. The zero-order chi connectivity index (χ0) is 15.7. The molecule has 0 saturated heterocycles. The van der Waals surface area contributed by atoms with Crippen LogP contribution in [0.3, 0.4) is 0 Å². The van der Waals surface area contributed by atoms with Crippen LogP contribution in [0.5, 0.6) is 0 Å². The number of para-hydroxylation sites is 1. The van der Waals surface area contributed by atoms with E-state index in [9.17, 15) is 9.18 Å². The highest BCUT2D eigenvalue weighted by Crippen LogP contribution is 2.24. The number of nitrogens with one attached hydrogen (secondary N) is 1. The molecule has 2 aromatic heterocycles. The summed E-state index contributed by atoms with van der Waals surface area (Å²) in [5, 5.41) is 2.88. The summed E-state index contributed by atoms with van der Waals surface area (Å²) in [6.07, 6.45) is 2.81. The van der Waals surface area contributed by atoms with Crippen molar-refractivity contribution in [3.63, 3.8) is 0 Å². The Morgan fingerprint density at radius 2 is 1.95 bits per heavy atom. The van der Waals surface area contributed by atoms with Crippen molar-refractivity contribution in [1.29, 1.82) is 0 Å². The van der Waals surface area contributed by atoms with Crippen molar-refractivity contribution >= 4 is 17.2 Å². The van der Waals surface area contributed by atoms with Gasteiger partial charge in [-0.2, -0.15) is 0 Å². The van der Waals surface area contributed by atoms with E-state index in [1.165, 1.54) is 28.9 Å². The molecule has 4 nitrogen and oxygen atoms in total. The van der Waals surface area contributed by atoms with Crippen molar-refractivity contribution in [3.05, 3.63) is 65.9 Å². The number of carbonyl (C=O) groups excluding carboxylic acids is 1. The molecule has 0 aliphatic rings. The summed E-state index contributed by atoms with van der Waals surface area (Å²) in [6, 6.07) is 10.5. The molecule has 22 heavy (non-hydrogen) atoms. The minimum atomic E-state index is -0.373. The van der Waals surface area contributed by atoms with Crippen molar-refractivity contribution in [2.45, 2.75) is 19.8 Å². The molecule has 5 heteroatoms. The maximum atomic E-state index is 13.2. The molecule has 3 rings (SSSR count). The highest BCUT2D eigenvalue weighted by Gasteiger charge is 2.14. The number of imidazole rings is 1. The van der Waals surface area contributed by atoms with E-state index in [0.29, 0.717) is 11.6 Å². The lowest BCUT2D eigenvalue weighted by molar-refractivity contribution is 0.102. The molecule has 0 saturated carbocycles. The number of benzene rings is 1. The molecule has 1 aromatic carbocycles. The van der Waals surface area contributed by atoms with Gasteiger partial charge in [0.15, 0.2) is 0 Å². The third-order valence-electron chi connectivity index (χ3n) is 3.48. The summed E-state index contributed by atoms with van der Waals surface area (Å²) in [4.78, 5) is 16.6. The summed E-state index contributed by atoms with van der Waals surface area (Å²) in [7, 11) is 0. The van der Waals surface area contributed by atoms with E-state index in [1.807, 2.05) is 24.3 Å². The molecule has 1 amide bonds. The molecule has 3 aromatic rings. The van der Waals surface area contributed by atoms with Gasteiger partial charge in [0.05, 0.1) is 0 Å². The topological polar surface area (TPSA) is 46.4 Å². The van der Waals surface area contributed by atoms with Crippen molar-refractivity contribution in [1.82, 2.24) is 9.38 Å². The fourth-order valence-electron chi connectivity index (χ4n) is 2.37. The highest BCUT2D eigenvalue weighted by atomic mass is 19.1. The Hall–Kier alpha value is -2.69. The molecule has 0 bridgehead atoms. The highest BCUT2D eigenvalue weighted by molar-refractivity contribution is 6.03. The van der Waals surface area contributed by atoms with Crippen LogP contribution in [0, 0.1) is 5.82 Å². The maximum absolute atomic E-state index is 13.2. The smallest absolute Gasteiger partial charge is 0.275 e. The van der Waals surface area contributed by atoms with Crippen LogP contribution in [0.2, 0.25) is 0 Å². The number of rotatable bonds is 3. The Balaban J connectivity index is 1.90. The van der Waals surface area contributed by atoms with Crippen LogP contribution in [0.25, 0.3) is 5.65 Å². The molecule has 0 fully saturated rings. The monoisotopic (exact) mass is 297 g/mol.